The van der Waals surface area contributed by atoms with Crippen LogP contribution >= 0.6 is 0 Å². The Morgan fingerprint density at radius 3 is 2.64 bits per heavy atom. The summed E-state index contributed by atoms with van der Waals surface area (Å²) in [6.07, 6.45) is 0. The molecule has 1 heterocycles. The zero-order valence-corrected chi connectivity index (χ0v) is 6.53. The molecule has 0 saturated carbocycles. The molecule has 0 radical (unpaired) electrons. The Morgan fingerprint density at radius 1 is 1.55 bits per heavy atom. The first kappa shape index (κ1) is 7.72. The molecular formula is C8H10NO2+. The van der Waals surface area contributed by atoms with Crippen LogP contribution in [0.25, 0.3) is 0 Å². The Bertz CT molecular complexity index is 294. The van der Waals surface area contributed by atoms with Gasteiger partial charge in [-0.2, -0.15) is 0 Å². The molecule has 0 saturated heterocycles. The lowest BCUT2D eigenvalue weighted by molar-refractivity contribution is -0.909. The summed E-state index contributed by atoms with van der Waals surface area (Å²) in [7, 11) is 0. The van der Waals surface area contributed by atoms with Gasteiger partial charge < -0.3 is 0 Å². The van der Waals surface area contributed by atoms with Gasteiger partial charge in [-0.15, -0.1) is 0 Å². The molecular weight excluding hydrogens is 142 g/mol. The zero-order chi connectivity index (χ0) is 8.43. The topological polar surface area (TPSA) is 41.2 Å². The Labute approximate surface area is 64.9 Å². The van der Waals surface area contributed by atoms with E-state index in [-0.39, 0.29) is 5.78 Å². The van der Waals surface area contributed by atoms with Crippen LogP contribution < -0.4 is 4.73 Å². The average Bonchev–Trinajstić information content (AvgIpc) is 1.94. The van der Waals surface area contributed by atoms with Gasteiger partial charge in [0.05, 0.1) is 0 Å². The van der Waals surface area contributed by atoms with Gasteiger partial charge in [-0.25, -0.2) is 0 Å². The van der Waals surface area contributed by atoms with Crippen molar-refractivity contribution < 1.29 is 14.7 Å². The highest BCUT2D eigenvalue weighted by atomic mass is 16.5. The van der Waals surface area contributed by atoms with Crippen molar-refractivity contribution >= 4 is 5.78 Å². The van der Waals surface area contributed by atoms with Crippen LogP contribution in [-0.2, 0) is 0 Å². The summed E-state index contributed by atoms with van der Waals surface area (Å²) in [5.41, 5.74) is 0.961. The number of Topliss-reactive ketones (excluding diaryl/α,β-unsaturated/α-hetero) is 1. The maximum atomic E-state index is 10.8. The monoisotopic (exact) mass is 152 g/mol. The average molecular weight is 152 g/mol. The third-order valence-electron chi connectivity index (χ3n) is 1.51. The summed E-state index contributed by atoms with van der Waals surface area (Å²) in [5.74, 6) is -0.142. The number of hydrogen-bond donors (Lipinski definition) is 1. The Balaban J connectivity index is 3.27. The van der Waals surface area contributed by atoms with E-state index in [0.717, 1.165) is 4.73 Å². The predicted octanol–water partition coefficient (Wildman–Crippen LogP) is 0.722. The molecule has 0 spiro atoms. The van der Waals surface area contributed by atoms with Crippen molar-refractivity contribution in [1.82, 2.24) is 0 Å². The molecule has 0 aliphatic carbocycles. The largest absolute Gasteiger partial charge is 0.299 e. The van der Waals surface area contributed by atoms with E-state index >= 15 is 0 Å². The van der Waals surface area contributed by atoms with Crippen LogP contribution in [0.4, 0.5) is 0 Å². The minimum absolute atomic E-state index is 0.142. The highest BCUT2D eigenvalue weighted by Gasteiger charge is 2.16. The van der Waals surface area contributed by atoms with E-state index in [9.17, 15) is 10.0 Å². The van der Waals surface area contributed by atoms with E-state index in [1.165, 1.54) is 6.92 Å². The van der Waals surface area contributed by atoms with Crippen LogP contribution in [0.1, 0.15) is 23.1 Å². The summed E-state index contributed by atoms with van der Waals surface area (Å²) < 4.78 is 0.891. The number of aryl methyl sites for hydroxylation is 1. The Hall–Kier alpha value is -1.38. The molecule has 58 valence electrons. The molecule has 0 fully saturated rings. The molecule has 0 aliphatic heterocycles. The molecule has 1 rings (SSSR count). The minimum atomic E-state index is -0.142. The lowest BCUT2D eigenvalue weighted by Gasteiger charge is -1.92. The lowest BCUT2D eigenvalue weighted by Crippen LogP contribution is -2.39. The van der Waals surface area contributed by atoms with E-state index in [1.54, 1.807) is 25.1 Å². The Kier molecular flexibility index (Phi) is 1.89. The van der Waals surface area contributed by atoms with Crippen molar-refractivity contribution in [3.63, 3.8) is 0 Å². The van der Waals surface area contributed by atoms with Crippen molar-refractivity contribution in [2.24, 2.45) is 0 Å². The van der Waals surface area contributed by atoms with Gasteiger partial charge >= 0.3 is 0 Å². The SMILES string of the molecule is CC(=O)c1cccc(C)[n+]1O. The lowest BCUT2D eigenvalue weighted by atomic mass is 10.2. The summed E-state index contributed by atoms with van der Waals surface area (Å²) in [6, 6.07) is 5.04. The highest BCUT2D eigenvalue weighted by molar-refractivity contribution is 5.90. The fourth-order valence-corrected chi connectivity index (χ4v) is 0.876. The molecule has 0 aromatic carbocycles. The number of aromatic nitrogens is 1. The van der Waals surface area contributed by atoms with Gasteiger partial charge in [-0.1, -0.05) is 0 Å². The van der Waals surface area contributed by atoms with Crippen LogP contribution in [-0.4, -0.2) is 11.0 Å². The van der Waals surface area contributed by atoms with Gasteiger partial charge in [-0.05, 0) is 6.07 Å². The number of rotatable bonds is 1. The molecule has 0 amide bonds. The molecule has 0 unspecified atom stereocenters. The van der Waals surface area contributed by atoms with Gasteiger partial charge in [-0.3, -0.25) is 10.0 Å². The Morgan fingerprint density at radius 2 is 2.18 bits per heavy atom. The number of nitrogens with zero attached hydrogens (tertiary/aromatic N) is 1. The molecule has 0 bridgehead atoms. The van der Waals surface area contributed by atoms with Crippen LogP contribution in [0, 0.1) is 6.92 Å². The van der Waals surface area contributed by atoms with Crippen molar-refractivity contribution in [2.75, 3.05) is 0 Å². The normalized spacial score (nSPS) is 9.64. The molecule has 1 N–H and O–H groups in total. The van der Waals surface area contributed by atoms with Gasteiger partial charge in [0.2, 0.25) is 11.5 Å². The second-order valence-corrected chi connectivity index (χ2v) is 2.42. The summed E-state index contributed by atoms with van der Waals surface area (Å²) in [6.45, 7) is 3.15. The van der Waals surface area contributed by atoms with Gasteiger partial charge in [0.1, 0.15) is 0 Å². The second kappa shape index (κ2) is 2.70. The molecule has 0 atom stereocenters. The van der Waals surface area contributed by atoms with Crippen molar-refractivity contribution in [2.45, 2.75) is 13.8 Å². The van der Waals surface area contributed by atoms with E-state index in [1.807, 2.05) is 0 Å². The van der Waals surface area contributed by atoms with Crippen molar-refractivity contribution in [3.05, 3.63) is 29.6 Å². The van der Waals surface area contributed by atoms with Crippen LogP contribution in [0.15, 0.2) is 18.2 Å². The summed E-state index contributed by atoms with van der Waals surface area (Å²) in [5, 5.41) is 9.26. The first-order valence-corrected chi connectivity index (χ1v) is 3.35. The number of carbonyl (C=O) groups is 1. The van der Waals surface area contributed by atoms with E-state index in [0.29, 0.717) is 11.4 Å². The fourth-order valence-electron chi connectivity index (χ4n) is 0.876. The van der Waals surface area contributed by atoms with Gasteiger partial charge in [0.15, 0.2) is 0 Å². The van der Waals surface area contributed by atoms with Crippen molar-refractivity contribution in [1.29, 1.82) is 0 Å². The highest BCUT2D eigenvalue weighted by Crippen LogP contribution is 1.94. The predicted molar refractivity (Wildman–Crippen MR) is 38.6 cm³/mol. The quantitative estimate of drug-likeness (QED) is 0.366. The van der Waals surface area contributed by atoms with Gasteiger partial charge in [0, 0.05) is 30.7 Å². The standard InChI is InChI=1S/C8H10NO2/c1-6-4-3-5-8(7(2)10)9(6)11/h3-5,11H,1-2H3/q+1. The number of carbonyl (C=O) groups excluding carboxylic acids is 1. The zero-order valence-electron chi connectivity index (χ0n) is 6.53. The van der Waals surface area contributed by atoms with Crippen LogP contribution in [0.2, 0.25) is 0 Å². The maximum absolute atomic E-state index is 10.8. The van der Waals surface area contributed by atoms with E-state index in [4.69, 9.17) is 0 Å². The molecule has 3 nitrogen and oxygen atoms in total. The minimum Gasteiger partial charge on any atom is -0.288 e. The number of pyridine rings is 1. The van der Waals surface area contributed by atoms with Crippen LogP contribution in [0.5, 0.6) is 0 Å². The summed E-state index contributed by atoms with van der Waals surface area (Å²) in [4.78, 5) is 10.8. The molecule has 1 aromatic heterocycles. The fraction of sp³-hybridized carbons (Fsp3) is 0.250. The van der Waals surface area contributed by atoms with Crippen LogP contribution in [0.3, 0.4) is 0 Å². The smallest absolute Gasteiger partial charge is 0.288 e. The number of hydrogen-bond acceptors (Lipinski definition) is 2. The molecule has 11 heavy (non-hydrogen) atoms. The molecule has 0 aliphatic rings. The molecule has 1 aromatic rings. The second-order valence-electron chi connectivity index (χ2n) is 2.42. The molecule has 3 heteroatoms. The summed E-state index contributed by atoms with van der Waals surface area (Å²) >= 11 is 0. The van der Waals surface area contributed by atoms with E-state index in [2.05, 4.69) is 0 Å². The maximum Gasteiger partial charge on any atom is 0.299 e. The van der Waals surface area contributed by atoms with Gasteiger partial charge in [0.25, 0.3) is 5.69 Å². The first-order chi connectivity index (χ1) is 5.13. The third kappa shape index (κ3) is 1.37. The van der Waals surface area contributed by atoms with Crippen molar-refractivity contribution in [3.8, 4) is 0 Å². The number of ketones is 1. The third-order valence-corrected chi connectivity index (χ3v) is 1.51. The van der Waals surface area contributed by atoms with E-state index < -0.39 is 0 Å². The first-order valence-electron chi connectivity index (χ1n) is 3.35.